The highest BCUT2D eigenvalue weighted by Crippen LogP contribution is 2.41. The summed E-state index contributed by atoms with van der Waals surface area (Å²) in [5.74, 6) is 0.408. The summed E-state index contributed by atoms with van der Waals surface area (Å²) in [5.41, 5.74) is 0.588. The first kappa shape index (κ1) is 21.8. The summed E-state index contributed by atoms with van der Waals surface area (Å²) in [6.07, 6.45) is 2.32. The van der Waals surface area contributed by atoms with Crippen LogP contribution >= 0.6 is 0 Å². The second-order valence-electron chi connectivity index (χ2n) is 6.86. The third-order valence-corrected chi connectivity index (χ3v) is 4.90. The highest BCUT2D eigenvalue weighted by molar-refractivity contribution is 5.94. The zero-order valence-electron chi connectivity index (χ0n) is 17.4. The maximum atomic E-state index is 12.5. The van der Waals surface area contributed by atoms with Gasteiger partial charge in [0.05, 0.1) is 30.6 Å². The van der Waals surface area contributed by atoms with Crippen molar-refractivity contribution in [1.82, 2.24) is 10.3 Å². The van der Waals surface area contributed by atoms with Gasteiger partial charge in [0.1, 0.15) is 11.3 Å². The van der Waals surface area contributed by atoms with Gasteiger partial charge in [-0.05, 0) is 36.2 Å². The molecular formula is C22H23N3O6. The summed E-state index contributed by atoms with van der Waals surface area (Å²) < 4.78 is 10.6. The van der Waals surface area contributed by atoms with Crippen LogP contribution in [0.3, 0.4) is 0 Å². The van der Waals surface area contributed by atoms with E-state index in [9.17, 15) is 20.0 Å². The lowest BCUT2D eigenvalue weighted by Gasteiger charge is -2.22. The van der Waals surface area contributed by atoms with Gasteiger partial charge in [-0.15, -0.1) is 0 Å². The number of hydrogen-bond donors (Lipinski definition) is 2. The van der Waals surface area contributed by atoms with Gasteiger partial charge in [0.25, 0.3) is 5.69 Å². The number of nitro benzene ring substituents is 1. The Morgan fingerprint density at radius 3 is 2.61 bits per heavy atom. The van der Waals surface area contributed by atoms with E-state index in [0.717, 1.165) is 0 Å². The number of methoxy groups -OCH3 is 2. The molecule has 3 aromatic rings. The maximum absolute atomic E-state index is 12.5. The monoisotopic (exact) mass is 425 g/mol. The minimum Gasteiger partial charge on any atom is -0.505 e. The number of ether oxygens (including phenoxy) is 2. The molecule has 1 amide bonds. The molecule has 2 aromatic carbocycles. The molecule has 0 aliphatic heterocycles. The Kier molecular flexibility index (Phi) is 6.54. The zero-order valence-corrected chi connectivity index (χ0v) is 17.4. The number of benzene rings is 2. The summed E-state index contributed by atoms with van der Waals surface area (Å²) in [6.45, 7) is 1.87. The van der Waals surface area contributed by atoms with Gasteiger partial charge in [0.15, 0.2) is 11.5 Å². The topological polar surface area (TPSA) is 124 Å². The summed E-state index contributed by atoms with van der Waals surface area (Å²) in [7, 11) is 2.98. The molecule has 0 spiro atoms. The predicted molar refractivity (Wildman–Crippen MR) is 115 cm³/mol. The lowest BCUT2D eigenvalue weighted by molar-refractivity contribution is -0.383. The number of pyridine rings is 1. The third-order valence-electron chi connectivity index (χ3n) is 4.90. The Morgan fingerprint density at radius 2 is 1.97 bits per heavy atom. The number of nitrogens with one attached hydrogen (secondary N) is 1. The van der Waals surface area contributed by atoms with Crippen molar-refractivity contribution >= 4 is 22.5 Å². The van der Waals surface area contributed by atoms with E-state index in [1.165, 1.54) is 32.5 Å². The van der Waals surface area contributed by atoms with Crippen molar-refractivity contribution in [3.63, 3.8) is 0 Å². The smallest absolute Gasteiger partial charge is 0.279 e. The molecule has 162 valence electrons. The number of nitrogens with zero attached hydrogens (tertiary/aromatic N) is 2. The summed E-state index contributed by atoms with van der Waals surface area (Å²) in [6, 6.07) is 8.50. The fourth-order valence-corrected chi connectivity index (χ4v) is 3.44. The van der Waals surface area contributed by atoms with Crippen molar-refractivity contribution in [2.75, 3.05) is 14.2 Å². The molecule has 0 aliphatic carbocycles. The van der Waals surface area contributed by atoms with E-state index >= 15 is 0 Å². The van der Waals surface area contributed by atoms with E-state index in [-0.39, 0.29) is 40.2 Å². The van der Waals surface area contributed by atoms with E-state index in [1.807, 2.05) is 6.92 Å². The molecule has 9 nitrogen and oxygen atoms in total. The number of fused-ring (bicyclic) bond motifs is 1. The Hall–Kier alpha value is -3.88. The van der Waals surface area contributed by atoms with Crippen LogP contribution in [-0.4, -0.2) is 35.1 Å². The molecule has 1 atom stereocenters. The number of nitro groups is 1. The van der Waals surface area contributed by atoms with Crippen LogP contribution in [0, 0.1) is 10.1 Å². The Labute approximate surface area is 178 Å². The summed E-state index contributed by atoms with van der Waals surface area (Å²) >= 11 is 0. The van der Waals surface area contributed by atoms with E-state index in [4.69, 9.17) is 9.47 Å². The van der Waals surface area contributed by atoms with Crippen LogP contribution in [0.5, 0.6) is 17.2 Å². The van der Waals surface area contributed by atoms with Crippen molar-refractivity contribution in [2.45, 2.75) is 25.8 Å². The molecule has 9 heteroatoms. The number of hydrogen-bond acceptors (Lipinski definition) is 7. The number of non-ortho nitro benzene ring substituents is 1. The fourth-order valence-electron chi connectivity index (χ4n) is 3.44. The Morgan fingerprint density at radius 1 is 1.23 bits per heavy atom. The molecule has 3 rings (SSSR count). The van der Waals surface area contributed by atoms with E-state index in [1.54, 1.807) is 24.3 Å². The van der Waals surface area contributed by atoms with Gasteiger partial charge in [-0.1, -0.05) is 13.0 Å². The molecule has 2 N–H and O–H groups in total. The minimum absolute atomic E-state index is 0.0851. The van der Waals surface area contributed by atoms with Crippen LogP contribution in [0.2, 0.25) is 0 Å². The van der Waals surface area contributed by atoms with Gasteiger partial charge in [-0.2, -0.15) is 0 Å². The second-order valence-corrected chi connectivity index (χ2v) is 6.86. The fraction of sp³-hybridized carbons (Fsp3) is 0.273. The Bertz CT molecular complexity index is 1130. The average Bonchev–Trinajstić information content (AvgIpc) is 2.77. The van der Waals surface area contributed by atoms with Gasteiger partial charge in [-0.25, -0.2) is 0 Å². The normalized spacial score (nSPS) is 11.7. The SMILES string of the molecule is CCCC(=O)NC(c1ccc(OC)c(OC)c1)c1cc([N+](=O)[O-])c2cccnc2c1O. The number of phenols is 1. The van der Waals surface area contributed by atoms with Crippen molar-refractivity contribution in [2.24, 2.45) is 0 Å². The molecule has 1 aromatic heterocycles. The largest absolute Gasteiger partial charge is 0.505 e. The molecule has 0 aliphatic rings. The van der Waals surface area contributed by atoms with Crippen molar-refractivity contribution < 1.29 is 24.3 Å². The van der Waals surface area contributed by atoms with E-state index in [2.05, 4.69) is 10.3 Å². The molecule has 1 heterocycles. The zero-order chi connectivity index (χ0) is 22.5. The number of carbonyl (C=O) groups is 1. The predicted octanol–water partition coefficient (Wildman–Crippen LogP) is 3.87. The highest BCUT2D eigenvalue weighted by Gasteiger charge is 2.27. The molecule has 0 radical (unpaired) electrons. The first-order valence-corrected chi connectivity index (χ1v) is 9.67. The van der Waals surface area contributed by atoms with Gasteiger partial charge in [0.2, 0.25) is 5.91 Å². The molecule has 31 heavy (non-hydrogen) atoms. The van der Waals surface area contributed by atoms with Gasteiger partial charge in [0, 0.05) is 24.2 Å². The lowest BCUT2D eigenvalue weighted by Crippen LogP contribution is -2.29. The molecule has 0 saturated heterocycles. The quantitative estimate of drug-likeness (QED) is 0.415. The molecule has 0 saturated carbocycles. The van der Waals surface area contributed by atoms with Crippen molar-refractivity contribution in [3.8, 4) is 17.2 Å². The summed E-state index contributed by atoms with van der Waals surface area (Å²) in [5, 5.41) is 25.8. The first-order valence-electron chi connectivity index (χ1n) is 9.67. The standard InChI is InChI=1S/C22H23N3O6/c1-4-6-19(26)24-20(13-8-9-17(30-2)18(11-13)31-3)15-12-16(25(28)29)14-7-5-10-23-21(14)22(15)27/h5,7-12,20,27H,4,6H2,1-3H3,(H,24,26). The van der Waals surface area contributed by atoms with Crippen LogP contribution in [0.25, 0.3) is 10.9 Å². The van der Waals surface area contributed by atoms with E-state index < -0.39 is 11.0 Å². The van der Waals surface area contributed by atoms with Crippen LogP contribution < -0.4 is 14.8 Å². The molecular weight excluding hydrogens is 402 g/mol. The molecule has 1 unspecified atom stereocenters. The van der Waals surface area contributed by atoms with Crippen LogP contribution in [0.15, 0.2) is 42.6 Å². The Balaban J connectivity index is 2.25. The number of carbonyl (C=O) groups excluding carboxylic acids is 1. The van der Waals surface area contributed by atoms with Gasteiger partial charge in [-0.3, -0.25) is 19.9 Å². The number of aromatic hydroxyl groups is 1. The highest BCUT2D eigenvalue weighted by atomic mass is 16.6. The molecule has 0 bridgehead atoms. The number of phenolic OH excluding ortho intramolecular Hbond substituents is 1. The number of rotatable bonds is 8. The van der Waals surface area contributed by atoms with Crippen molar-refractivity contribution in [1.29, 1.82) is 0 Å². The first-order chi connectivity index (χ1) is 14.9. The van der Waals surface area contributed by atoms with Gasteiger partial charge >= 0.3 is 0 Å². The van der Waals surface area contributed by atoms with Crippen LogP contribution in [0.4, 0.5) is 5.69 Å². The number of amides is 1. The van der Waals surface area contributed by atoms with E-state index in [0.29, 0.717) is 23.5 Å². The van der Waals surface area contributed by atoms with Crippen molar-refractivity contribution in [3.05, 3.63) is 63.8 Å². The average molecular weight is 425 g/mol. The maximum Gasteiger partial charge on any atom is 0.279 e. The minimum atomic E-state index is -0.871. The number of aromatic nitrogens is 1. The third kappa shape index (κ3) is 4.35. The van der Waals surface area contributed by atoms with Gasteiger partial charge < -0.3 is 19.9 Å². The summed E-state index contributed by atoms with van der Waals surface area (Å²) in [4.78, 5) is 27.8. The lowest BCUT2D eigenvalue weighted by atomic mass is 9.94. The molecule has 0 fully saturated rings. The van der Waals surface area contributed by atoms with Crippen LogP contribution in [-0.2, 0) is 4.79 Å². The van der Waals surface area contributed by atoms with Crippen LogP contribution in [0.1, 0.15) is 36.9 Å². The second kappa shape index (κ2) is 9.29.